The molecule has 0 spiro atoms. The molecule has 4 aromatic carbocycles. The van der Waals surface area contributed by atoms with E-state index in [0.29, 0.717) is 80.1 Å². The van der Waals surface area contributed by atoms with Gasteiger partial charge in [0.1, 0.15) is 42.9 Å². The molecular weight excluding hydrogens is 1080 g/mol. The number of aromatic nitrogens is 8. The number of alkyl halides is 2. The van der Waals surface area contributed by atoms with Crippen LogP contribution in [0.5, 0.6) is 0 Å². The van der Waals surface area contributed by atoms with Crippen LogP contribution in [0.15, 0.2) is 116 Å². The number of nitrogens with one attached hydrogen (secondary N) is 2. The van der Waals surface area contributed by atoms with Gasteiger partial charge in [-0.25, -0.2) is 53.9 Å². The molecule has 2 aliphatic rings. The average molecular weight is 1140 g/mol. The third kappa shape index (κ3) is 12.2. The van der Waals surface area contributed by atoms with Crippen molar-refractivity contribution in [3.63, 3.8) is 0 Å². The summed E-state index contributed by atoms with van der Waals surface area (Å²) in [4.78, 5) is 13.8. The van der Waals surface area contributed by atoms with Crippen LogP contribution < -0.4 is 26.7 Å². The Kier molecular flexibility index (Phi) is 16.7. The smallest absolute Gasteiger partial charge is 0.304 e. The highest BCUT2D eigenvalue weighted by Crippen LogP contribution is 2.33. The SMILES string of the molecule is CC(CF)NCc1ccc(-c2nnc(-c3nc(-c4ccc(S(=O)(=O)C5CCOCC5)cc4)c[n+](CC(F)CNCc4ccc(-c5nnc(-c6nc(-c7ccc(S(=O)(=O)C8CCOCC8)cc7)cnc6N)o5)c(F)c4)c3N)o2)c(F)c1. The number of anilines is 2. The van der Waals surface area contributed by atoms with E-state index >= 15 is 13.2 Å². The van der Waals surface area contributed by atoms with E-state index in [0.717, 1.165) is 0 Å². The third-order valence-electron chi connectivity index (χ3n) is 13.8. The first-order chi connectivity index (χ1) is 38.5. The fraction of sp³-hybridized carbons (Fsp3) is 0.333. The Morgan fingerprint density at radius 2 is 1.15 bits per heavy atom. The van der Waals surface area contributed by atoms with Crippen molar-refractivity contribution in [1.82, 2.24) is 46.0 Å². The number of halogens is 4. The number of hydrogen-bond donors (Lipinski definition) is 4. The average Bonchev–Trinajstić information content (AvgIpc) is 4.34. The van der Waals surface area contributed by atoms with E-state index in [1.54, 1.807) is 43.3 Å². The zero-order valence-corrected chi connectivity index (χ0v) is 44.7. The van der Waals surface area contributed by atoms with Crippen molar-refractivity contribution in [1.29, 1.82) is 0 Å². The molecule has 8 aromatic rings. The molecule has 80 heavy (non-hydrogen) atoms. The normalized spacial score (nSPS) is 15.5. The fourth-order valence-electron chi connectivity index (χ4n) is 9.23. The molecule has 418 valence electrons. The standard InChI is InChI=1S/C54H54F4N12O8S2/c1-31(24-55)62-26-33-3-13-42(44(58)23-33)52-67-69-54(78-52)48-50(60)70(30-46(65-48)35-6-10-38(11-7-35)80(73,74)40-16-20-76-21-17-40)29-36(56)27-61-25-32-2-12-41(43(57)22-32)51-66-68-53(77-51)47-49(59)63-28-45(64-47)34-4-8-37(9-5-34)79(71,72)39-14-18-75-19-15-39/h2-13,22-23,28,30-31,36,39-40,60-62H,14-21,24-27,29H2,1H3,(H2,59,63,68)/p+1. The van der Waals surface area contributed by atoms with Crippen LogP contribution in [0.2, 0.25) is 0 Å². The maximum Gasteiger partial charge on any atom is 0.304 e. The summed E-state index contributed by atoms with van der Waals surface area (Å²) in [6.45, 7) is 2.24. The van der Waals surface area contributed by atoms with Gasteiger partial charge < -0.3 is 34.7 Å². The van der Waals surface area contributed by atoms with Crippen LogP contribution in [0.25, 0.3) is 68.6 Å². The summed E-state index contributed by atoms with van der Waals surface area (Å²) >= 11 is 0. The van der Waals surface area contributed by atoms with E-state index in [1.165, 1.54) is 65.5 Å². The van der Waals surface area contributed by atoms with Crippen LogP contribution in [-0.4, -0.2) is 115 Å². The van der Waals surface area contributed by atoms with Gasteiger partial charge in [-0.3, -0.25) is 5.73 Å². The molecule has 4 aromatic heterocycles. The van der Waals surface area contributed by atoms with Crippen molar-refractivity contribution >= 4 is 31.3 Å². The quantitative estimate of drug-likeness (QED) is 0.0448. The predicted octanol–water partition coefficient (Wildman–Crippen LogP) is 6.85. The Morgan fingerprint density at radius 3 is 1.68 bits per heavy atom. The number of nitrogen functional groups attached to an aromatic ring is 2. The Balaban J connectivity index is 0.826. The molecule has 0 bridgehead atoms. The summed E-state index contributed by atoms with van der Waals surface area (Å²) in [5.41, 5.74) is 15.3. The molecule has 6 heterocycles. The molecule has 2 fully saturated rings. The first kappa shape index (κ1) is 55.7. The summed E-state index contributed by atoms with van der Waals surface area (Å²) in [6.07, 6.45) is 2.91. The van der Waals surface area contributed by atoms with E-state index in [4.69, 9.17) is 34.8 Å². The largest absolute Gasteiger partial charge is 0.414 e. The third-order valence-corrected chi connectivity index (χ3v) is 18.4. The van der Waals surface area contributed by atoms with Crippen molar-refractivity contribution < 1.29 is 57.3 Å². The molecular formula is C54H55F4N12O8S2+. The molecule has 26 heteroatoms. The monoisotopic (exact) mass is 1140 g/mol. The van der Waals surface area contributed by atoms with Crippen LogP contribution in [0.3, 0.4) is 0 Å². The lowest BCUT2D eigenvalue weighted by atomic mass is 10.1. The zero-order chi connectivity index (χ0) is 56.1. The number of sulfone groups is 2. The van der Waals surface area contributed by atoms with Gasteiger partial charge in [0.2, 0.25) is 5.69 Å². The van der Waals surface area contributed by atoms with Gasteiger partial charge in [-0.1, -0.05) is 36.4 Å². The molecule has 10 rings (SSSR count). The molecule has 2 atom stereocenters. The van der Waals surface area contributed by atoms with Crippen LogP contribution in [-0.2, 0) is 48.8 Å². The number of rotatable bonds is 20. The van der Waals surface area contributed by atoms with Crippen molar-refractivity contribution in [2.45, 2.75) is 84.7 Å². The highest BCUT2D eigenvalue weighted by atomic mass is 32.2. The summed E-state index contributed by atoms with van der Waals surface area (Å²) < 4.78 is 138. The minimum absolute atomic E-state index is 0.0221. The highest BCUT2D eigenvalue weighted by Gasteiger charge is 2.32. The lowest BCUT2D eigenvalue weighted by Gasteiger charge is -2.22. The number of nitrogens with two attached hydrogens (primary N) is 2. The van der Waals surface area contributed by atoms with Crippen molar-refractivity contribution in [2.75, 3.05) is 51.1 Å². The van der Waals surface area contributed by atoms with E-state index in [2.05, 4.69) is 41.0 Å². The molecule has 6 N–H and O–H groups in total. The Hall–Kier alpha value is -7.62. The van der Waals surface area contributed by atoms with Gasteiger partial charge in [0, 0.05) is 63.2 Å². The van der Waals surface area contributed by atoms with Gasteiger partial charge in [-0.15, -0.1) is 20.4 Å². The Morgan fingerprint density at radius 1 is 0.662 bits per heavy atom. The molecule has 0 aliphatic carbocycles. The molecule has 0 saturated carbocycles. The molecule has 2 saturated heterocycles. The first-order valence-electron chi connectivity index (χ1n) is 25.6. The van der Waals surface area contributed by atoms with Crippen LogP contribution in [0.4, 0.5) is 29.2 Å². The second kappa shape index (κ2) is 24.0. The number of ether oxygens (including phenoxy) is 2. The summed E-state index contributed by atoms with van der Waals surface area (Å²) in [6, 6.07) is 20.6. The van der Waals surface area contributed by atoms with Crippen molar-refractivity contribution in [2.24, 2.45) is 0 Å². The maximum absolute atomic E-state index is 16.1. The molecule has 0 radical (unpaired) electrons. The molecule has 0 amide bonds. The highest BCUT2D eigenvalue weighted by molar-refractivity contribution is 7.92. The molecule has 2 aliphatic heterocycles. The number of nitrogens with zero attached hydrogens (tertiary/aromatic N) is 8. The lowest BCUT2D eigenvalue weighted by molar-refractivity contribution is -0.687. The topological polar surface area (TPSA) is 283 Å². The van der Waals surface area contributed by atoms with Gasteiger partial charge in [0.05, 0.1) is 43.3 Å². The Labute approximate surface area is 457 Å². The summed E-state index contributed by atoms with van der Waals surface area (Å²) in [5, 5.41) is 21.1. The molecule has 20 nitrogen and oxygen atoms in total. The number of hydrogen-bond acceptors (Lipinski definition) is 19. The van der Waals surface area contributed by atoms with Gasteiger partial charge >= 0.3 is 5.82 Å². The summed E-state index contributed by atoms with van der Waals surface area (Å²) in [7, 11) is -7.23. The van der Waals surface area contributed by atoms with Gasteiger partial charge in [0.15, 0.2) is 31.2 Å². The maximum atomic E-state index is 16.1. The second-order valence-corrected chi connectivity index (χ2v) is 23.8. The zero-order valence-electron chi connectivity index (χ0n) is 43.1. The van der Waals surface area contributed by atoms with E-state index < -0.39 is 60.7 Å². The minimum Gasteiger partial charge on any atom is -0.414 e. The van der Waals surface area contributed by atoms with Gasteiger partial charge in [-0.05, 0) is 92.3 Å². The second-order valence-electron chi connectivity index (χ2n) is 19.4. The Bertz CT molecular complexity index is 3730. The fourth-order valence-corrected chi connectivity index (χ4v) is 12.7. The van der Waals surface area contributed by atoms with E-state index in [-0.39, 0.29) is 99.4 Å². The van der Waals surface area contributed by atoms with Crippen LogP contribution >= 0.6 is 0 Å². The van der Waals surface area contributed by atoms with Crippen LogP contribution in [0.1, 0.15) is 43.7 Å². The van der Waals surface area contributed by atoms with Crippen LogP contribution in [0, 0.1) is 11.6 Å². The van der Waals surface area contributed by atoms with Crippen molar-refractivity contribution in [3.05, 3.63) is 120 Å². The first-order valence-corrected chi connectivity index (χ1v) is 28.7. The summed E-state index contributed by atoms with van der Waals surface area (Å²) in [5.74, 6) is -2.23. The predicted molar refractivity (Wildman–Crippen MR) is 284 cm³/mol. The van der Waals surface area contributed by atoms with E-state index in [9.17, 15) is 21.2 Å². The van der Waals surface area contributed by atoms with Gasteiger partial charge in [0.25, 0.3) is 23.6 Å². The minimum atomic E-state index is -3.67. The molecule has 2 unspecified atom stereocenters. The van der Waals surface area contributed by atoms with E-state index in [1.807, 2.05) is 0 Å². The number of benzene rings is 4. The van der Waals surface area contributed by atoms with Crippen molar-refractivity contribution in [3.8, 4) is 68.6 Å². The van der Waals surface area contributed by atoms with Gasteiger partial charge in [-0.2, -0.15) is 0 Å². The lowest BCUT2D eigenvalue weighted by Crippen LogP contribution is -2.44.